The van der Waals surface area contributed by atoms with Crippen LogP contribution in [-0.2, 0) is 19.2 Å². The summed E-state index contributed by atoms with van der Waals surface area (Å²) in [7, 11) is 0. The molecule has 0 saturated heterocycles. The molecule has 14 nitrogen and oxygen atoms in total. The molecule has 48 heavy (non-hydrogen) atoms. The normalized spacial score (nSPS) is 15.6. The first-order valence-corrected chi connectivity index (χ1v) is 15.5. The van der Waals surface area contributed by atoms with Crippen LogP contribution in [0.2, 0.25) is 0 Å². The van der Waals surface area contributed by atoms with Crippen LogP contribution < -0.4 is 0 Å². The Morgan fingerprint density at radius 3 is 1.17 bits per heavy atom. The van der Waals surface area contributed by atoms with E-state index in [4.69, 9.17) is 0 Å². The van der Waals surface area contributed by atoms with Gasteiger partial charge in [-0.15, -0.1) is 0 Å². The largest absolute Gasteiger partial charge is 0.481 e. The Kier molecular flexibility index (Phi) is 6.82. The van der Waals surface area contributed by atoms with Gasteiger partial charge in [-0.2, -0.15) is 0 Å². The van der Waals surface area contributed by atoms with Gasteiger partial charge in [-0.1, -0.05) is 44.0 Å². The van der Waals surface area contributed by atoms with Crippen LogP contribution in [0.15, 0.2) is 45.3 Å². The molecule has 7 rings (SSSR count). The van der Waals surface area contributed by atoms with Crippen LogP contribution in [0.25, 0.3) is 43.1 Å². The van der Waals surface area contributed by atoms with E-state index in [0.29, 0.717) is 51.1 Å². The Hall–Kier alpha value is -5.48. The van der Waals surface area contributed by atoms with Crippen molar-refractivity contribution in [1.82, 2.24) is 9.80 Å². The number of aliphatic carboxylic acids is 4. The zero-order valence-corrected chi connectivity index (χ0v) is 26.9. The molecule has 2 aliphatic heterocycles. The number of imide groups is 2. The van der Waals surface area contributed by atoms with Gasteiger partial charge in [-0.25, -0.2) is 9.59 Å². The molecule has 4 amide bonds. The molecule has 2 heterocycles. The number of hydrogen-bond acceptors (Lipinski definition) is 8. The monoisotopic (exact) mass is 778 g/mol. The smallest absolute Gasteiger partial charge is 0.327 e. The van der Waals surface area contributed by atoms with Crippen LogP contribution in [0.1, 0.15) is 54.3 Å². The highest BCUT2D eigenvalue weighted by Crippen LogP contribution is 2.50. The molecule has 5 aromatic carbocycles. The molecule has 16 heteroatoms. The molecule has 4 N–H and O–H groups in total. The average Bonchev–Trinajstić information content (AvgIpc) is 3.01. The van der Waals surface area contributed by atoms with Crippen molar-refractivity contribution in [3.05, 3.63) is 67.6 Å². The van der Waals surface area contributed by atoms with E-state index in [2.05, 4.69) is 31.9 Å². The van der Waals surface area contributed by atoms with E-state index >= 15 is 0 Å². The van der Waals surface area contributed by atoms with E-state index in [0.717, 1.165) is 0 Å². The maximum Gasteiger partial charge on any atom is 0.327 e. The highest BCUT2D eigenvalue weighted by atomic mass is 79.9. The molecular formula is C32H16Br2N2O12. The summed E-state index contributed by atoms with van der Waals surface area (Å²) < 4.78 is 0.641. The number of benzene rings is 5. The molecule has 0 aliphatic carbocycles. The Labute approximate surface area is 282 Å². The zero-order valence-electron chi connectivity index (χ0n) is 23.7. The SMILES string of the molecule is O=C(O)CC(C(=O)O)N1C(=O)c2ccc3c4c(Br)cc5c6c(ccc(c7c(Br)cc(c2c37)C1=O)c64)C(=O)N(C(CC(=O)O)C(=O)O)C5=O. The summed E-state index contributed by atoms with van der Waals surface area (Å²) in [5, 5.41) is 41.2. The van der Waals surface area contributed by atoms with Crippen LogP contribution >= 0.6 is 31.9 Å². The Balaban J connectivity index is 1.55. The third kappa shape index (κ3) is 4.08. The quantitative estimate of drug-likeness (QED) is 0.0983. The number of carbonyl (C=O) groups is 8. The summed E-state index contributed by atoms with van der Waals surface area (Å²) in [6.07, 6.45) is -2.04. The number of halogens is 2. The van der Waals surface area contributed by atoms with Gasteiger partial charge in [-0.3, -0.25) is 38.6 Å². The van der Waals surface area contributed by atoms with Gasteiger partial charge in [-0.05, 0) is 35.0 Å². The summed E-state index contributed by atoms with van der Waals surface area (Å²) in [6.45, 7) is 0. The Morgan fingerprint density at radius 2 is 0.854 bits per heavy atom. The number of rotatable bonds is 8. The number of fused-ring (bicyclic) bond motifs is 2. The van der Waals surface area contributed by atoms with Crippen LogP contribution in [0.5, 0.6) is 0 Å². The first kappa shape index (κ1) is 31.1. The second-order valence-corrected chi connectivity index (χ2v) is 13.0. The fourth-order valence-electron chi connectivity index (χ4n) is 6.88. The van der Waals surface area contributed by atoms with Crippen molar-refractivity contribution in [3.63, 3.8) is 0 Å². The van der Waals surface area contributed by atoms with Crippen LogP contribution in [0.4, 0.5) is 0 Å². The third-order valence-corrected chi connectivity index (χ3v) is 9.98. The lowest BCUT2D eigenvalue weighted by Gasteiger charge is -2.33. The average molecular weight is 780 g/mol. The summed E-state index contributed by atoms with van der Waals surface area (Å²) in [5.74, 6) is -10.4. The first-order chi connectivity index (χ1) is 22.6. The highest BCUT2D eigenvalue weighted by Gasteiger charge is 2.45. The number of nitrogens with zero attached hydrogens (tertiary/aromatic N) is 2. The van der Waals surface area contributed by atoms with Gasteiger partial charge in [0.05, 0.1) is 12.8 Å². The molecule has 0 saturated carbocycles. The molecule has 0 bridgehead atoms. The fourth-order valence-corrected chi connectivity index (χ4v) is 8.16. The molecule has 5 aromatic rings. The van der Waals surface area contributed by atoms with Crippen LogP contribution in [-0.4, -0.2) is 89.8 Å². The minimum Gasteiger partial charge on any atom is -0.481 e. The number of hydrogen-bond donors (Lipinski definition) is 4. The summed E-state index contributed by atoms with van der Waals surface area (Å²) in [4.78, 5) is 103. The Bertz CT molecular complexity index is 2290. The Morgan fingerprint density at radius 1 is 0.521 bits per heavy atom. The van der Waals surface area contributed by atoms with Crippen molar-refractivity contribution in [2.45, 2.75) is 24.9 Å². The maximum absolute atomic E-state index is 13.8. The van der Waals surface area contributed by atoms with E-state index < -0.39 is 72.4 Å². The molecule has 0 radical (unpaired) electrons. The first-order valence-electron chi connectivity index (χ1n) is 13.9. The molecule has 2 aliphatic rings. The van der Waals surface area contributed by atoms with Crippen molar-refractivity contribution >= 4 is 122 Å². The number of carboxylic acids is 4. The predicted octanol–water partition coefficient (Wildman–Crippen LogP) is 4.31. The third-order valence-electron chi connectivity index (χ3n) is 8.73. The lowest BCUT2D eigenvalue weighted by atomic mass is 9.82. The minimum atomic E-state index is -1.98. The minimum absolute atomic E-state index is 0.0435. The molecular weight excluding hydrogens is 764 g/mol. The van der Waals surface area contributed by atoms with E-state index in [-0.39, 0.29) is 33.0 Å². The van der Waals surface area contributed by atoms with E-state index in [9.17, 15) is 58.8 Å². The summed E-state index contributed by atoms with van der Waals surface area (Å²) in [5.41, 5.74) is -0.202. The second kappa shape index (κ2) is 10.5. The molecule has 2 unspecified atom stereocenters. The van der Waals surface area contributed by atoms with Gasteiger partial charge in [0, 0.05) is 63.5 Å². The molecule has 0 spiro atoms. The number of carboxylic acid groups (broad SMARTS) is 4. The summed E-state index contributed by atoms with van der Waals surface area (Å²) >= 11 is 7.02. The van der Waals surface area contributed by atoms with E-state index in [1.807, 2.05) is 0 Å². The predicted molar refractivity (Wildman–Crippen MR) is 171 cm³/mol. The molecule has 0 aromatic heterocycles. The lowest BCUT2D eigenvalue weighted by molar-refractivity contribution is -0.148. The van der Waals surface area contributed by atoms with Gasteiger partial charge >= 0.3 is 23.9 Å². The maximum atomic E-state index is 13.8. The van der Waals surface area contributed by atoms with Gasteiger partial charge in [0.15, 0.2) is 0 Å². The van der Waals surface area contributed by atoms with Crippen molar-refractivity contribution in [3.8, 4) is 0 Å². The van der Waals surface area contributed by atoms with Gasteiger partial charge in [0.25, 0.3) is 23.6 Å². The van der Waals surface area contributed by atoms with E-state index in [1.54, 1.807) is 12.1 Å². The molecule has 240 valence electrons. The van der Waals surface area contributed by atoms with Crippen molar-refractivity contribution < 1.29 is 58.8 Å². The van der Waals surface area contributed by atoms with Gasteiger partial charge < -0.3 is 20.4 Å². The number of amides is 4. The molecule has 0 fully saturated rings. The fraction of sp³-hybridized carbons (Fsp3) is 0.125. The van der Waals surface area contributed by atoms with Crippen LogP contribution in [0.3, 0.4) is 0 Å². The van der Waals surface area contributed by atoms with Gasteiger partial charge in [0.1, 0.15) is 12.1 Å². The topological polar surface area (TPSA) is 224 Å². The highest BCUT2D eigenvalue weighted by molar-refractivity contribution is 9.11. The van der Waals surface area contributed by atoms with E-state index in [1.165, 1.54) is 24.3 Å². The van der Waals surface area contributed by atoms with Crippen molar-refractivity contribution in [1.29, 1.82) is 0 Å². The molecule has 2 atom stereocenters. The second-order valence-electron chi connectivity index (χ2n) is 11.2. The number of carbonyl (C=O) groups excluding carboxylic acids is 4. The standard InChI is InChI=1S/C32H16Br2N2O12/c33-15-5-14-22-12(28(42)36(30(14)44)18(32(47)48)8-20(39)40)4-2-10-24-16(34)6-13-21-11(3-1-9(25(21)24)23(15)26(10)22)27(41)35(29(13)43)17(31(45)46)7-19(37)38/h1-6,17-18H,7-8H2,(H,37,38)(H,39,40)(H,45,46)(H,47,48). The van der Waals surface area contributed by atoms with Crippen molar-refractivity contribution in [2.24, 2.45) is 0 Å². The zero-order chi connectivity index (χ0) is 34.7. The van der Waals surface area contributed by atoms with Crippen LogP contribution in [0, 0.1) is 0 Å². The van der Waals surface area contributed by atoms with Gasteiger partial charge in [0.2, 0.25) is 0 Å². The van der Waals surface area contributed by atoms with Crippen molar-refractivity contribution in [2.75, 3.05) is 0 Å². The lowest BCUT2D eigenvalue weighted by Crippen LogP contribution is -2.51. The summed E-state index contributed by atoms with van der Waals surface area (Å²) in [6, 6.07) is 4.71.